The maximum Gasteiger partial charge on any atom is 0.103 e. The van der Waals surface area contributed by atoms with Crippen molar-refractivity contribution in [1.82, 2.24) is 0 Å². The van der Waals surface area contributed by atoms with E-state index in [1.54, 1.807) is 6.20 Å². The second-order valence-corrected chi connectivity index (χ2v) is 2.32. The minimum atomic E-state index is 0.710. The van der Waals surface area contributed by atoms with Crippen molar-refractivity contribution in [3.05, 3.63) is 23.9 Å². The predicted molar refractivity (Wildman–Crippen MR) is 43.8 cm³/mol. The Bertz CT molecular complexity index is 199. The van der Waals surface area contributed by atoms with Crippen molar-refractivity contribution < 1.29 is 0 Å². The number of nitrogens with two attached hydrogens (primary N) is 1. The Kier molecular flexibility index (Phi) is 2.26. The third kappa shape index (κ3) is 1.72. The SMILES string of the molecule is CCC1=CC=CN=C(N)C1. The quantitative estimate of drug-likeness (QED) is 0.584. The lowest BCUT2D eigenvalue weighted by Gasteiger charge is -1.99. The van der Waals surface area contributed by atoms with E-state index in [9.17, 15) is 0 Å². The lowest BCUT2D eigenvalue weighted by atomic mass is 10.1. The van der Waals surface area contributed by atoms with Gasteiger partial charge in [0.25, 0.3) is 0 Å². The topological polar surface area (TPSA) is 38.4 Å². The summed E-state index contributed by atoms with van der Waals surface area (Å²) in [5.41, 5.74) is 6.90. The minimum absolute atomic E-state index is 0.710. The molecule has 0 saturated heterocycles. The van der Waals surface area contributed by atoms with Gasteiger partial charge in [0.15, 0.2) is 0 Å². The van der Waals surface area contributed by atoms with Crippen LogP contribution in [0.3, 0.4) is 0 Å². The van der Waals surface area contributed by atoms with Crippen molar-refractivity contribution >= 4 is 5.84 Å². The first-order valence-corrected chi connectivity index (χ1v) is 3.49. The van der Waals surface area contributed by atoms with Crippen molar-refractivity contribution in [3.8, 4) is 0 Å². The van der Waals surface area contributed by atoms with Gasteiger partial charge in [-0.05, 0) is 12.5 Å². The van der Waals surface area contributed by atoms with Crippen molar-refractivity contribution in [3.63, 3.8) is 0 Å². The van der Waals surface area contributed by atoms with Crippen LogP contribution < -0.4 is 5.73 Å². The maximum atomic E-state index is 5.56. The van der Waals surface area contributed by atoms with E-state index in [0.717, 1.165) is 12.8 Å². The third-order valence-corrected chi connectivity index (χ3v) is 1.52. The van der Waals surface area contributed by atoms with E-state index < -0.39 is 0 Å². The second kappa shape index (κ2) is 3.20. The van der Waals surface area contributed by atoms with Gasteiger partial charge in [-0.15, -0.1) is 0 Å². The molecule has 54 valence electrons. The van der Waals surface area contributed by atoms with Gasteiger partial charge in [0.2, 0.25) is 0 Å². The molecule has 2 nitrogen and oxygen atoms in total. The Morgan fingerprint density at radius 2 is 2.50 bits per heavy atom. The van der Waals surface area contributed by atoms with Crippen LogP contribution in [0.15, 0.2) is 28.9 Å². The highest BCUT2D eigenvalue weighted by molar-refractivity contribution is 5.83. The van der Waals surface area contributed by atoms with Crippen LogP contribution in [0.25, 0.3) is 0 Å². The minimum Gasteiger partial charge on any atom is -0.387 e. The summed E-state index contributed by atoms with van der Waals surface area (Å²) in [4.78, 5) is 3.98. The highest BCUT2D eigenvalue weighted by atomic mass is 14.8. The van der Waals surface area contributed by atoms with E-state index in [1.807, 2.05) is 6.08 Å². The first-order valence-electron chi connectivity index (χ1n) is 3.49. The third-order valence-electron chi connectivity index (χ3n) is 1.52. The number of amidine groups is 1. The van der Waals surface area contributed by atoms with Gasteiger partial charge in [-0.2, -0.15) is 0 Å². The summed E-state index contributed by atoms with van der Waals surface area (Å²) in [6, 6.07) is 0. The largest absolute Gasteiger partial charge is 0.387 e. The zero-order valence-electron chi connectivity index (χ0n) is 6.17. The number of allylic oxidation sites excluding steroid dienone is 2. The summed E-state index contributed by atoms with van der Waals surface area (Å²) < 4.78 is 0. The molecule has 0 spiro atoms. The van der Waals surface area contributed by atoms with Gasteiger partial charge in [0.1, 0.15) is 5.84 Å². The monoisotopic (exact) mass is 136 g/mol. The van der Waals surface area contributed by atoms with E-state index >= 15 is 0 Å². The summed E-state index contributed by atoms with van der Waals surface area (Å²) in [6.07, 6.45) is 7.62. The number of hydrogen-bond donors (Lipinski definition) is 1. The fourth-order valence-corrected chi connectivity index (χ4v) is 0.898. The number of aliphatic imine (C=N–C) groups is 1. The lowest BCUT2D eigenvalue weighted by molar-refractivity contribution is 1.05. The van der Waals surface area contributed by atoms with E-state index in [4.69, 9.17) is 5.73 Å². The molecule has 0 aromatic rings. The molecule has 1 rings (SSSR count). The molecular formula is C8H12N2. The van der Waals surface area contributed by atoms with Gasteiger partial charge >= 0.3 is 0 Å². The van der Waals surface area contributed by atoms with E-state index in [-0.39, 0.29) is 0 Å². The van der Waals surface area contributed by atoms with Crippen LogP contribution >= 0.6 is 0 Å². The zero-order chi connectivity index (χ0) is 7.40. The number of rotatable bonds is 1. The standard InChI is InChI=1S/C8H12N2/c1-2-7-4-3-5-10-8(9)6-7/h3-5H,2,6H2,1H3,(H2,9,10). The van der Waals surface area contributed by atoms with Crippen LogP contribution in [0, 0.1) is 0 Å². The van der Waals surface area contributed by atoms with Gasteiger partial charge in [-0.3, -0.25) is 0 Å². The first kappa shape index (κ1) is 7.06. The highest BCUT2D eigenvalue weighted by Crippen LogP contribution is 2.08. The molecule has 0 saturated carbocycles. The Morgan fingerprint density at radius 3 is 3.20 bits per heavy atom. The molecule has 0 atom stereocenters. The van der Waals surface area contributed by atoms with Crippen LogP contribution in [0.2, 0.25) is 0 Å². The van der Waals surface area contributed by atoms with Crippen LogP contribution in [-0.4, -0.2) is 5.84 Å². The molecule has 0 unspecified atom stereocenters. The molecule has 0 fully saturated rings. The molecule has 0 radical (unpaired) electrons. The smallest absolute Gasteiger partial charge is 0.103 e. The summed E-state index contributed by atoms with van der Waals surface area (Å²) in [6.45, 7) is 2.12. The average Bonchev–Trinajstić information content (AvgIpc) is 2.13. The Labute approximate surface area is 61.1 Å². The summed E-state index contributed by atoms with van der Waals surface area (Å²) in [7, 11) is 0. The van der Waals surface area contributed by atoms with Crippen molar-refractivity contribution in [2.45, 2.75) is 19.8 Å². The summed E-state index contributed by atoms with van der Waals surface area (Å²) in [5, 5.41) is 0. The van der Waals surface area contributed by atoms with E-state index in [1.165, 1.54) is 5.57 Å². The summed E-state index contributed by atoms with van der Waals surface area (Å²) in [5.74, 6) is 0.710. The van der Waals surface area contributed by atoms with Gasteiger partial charge in [0.05, 0.1) is 0 Å². The maximum absolute atomic E-state index is 5.56. The van der Waals surface area contributed by atoms with Gasteiger partial charge in [-0.25, -0.2) is 4.99 Å². The molecular weight excluding hydrogens is 124 g/mol. The molecule has 0 aromatic heterocycles. The van der Waals surface area contributed by atoms with Gasteiger partial charge in [-0.1, -0.05) is 18.6 Å². The molecule has 0 bridgehead atoms. The van der Waals surface area contributed by atoms with Crippen molar-refractivity contribution in [2.24, 2.45) is 10.7 Å². The molecule has 10 heavy (non-hydrogen) atoms. The van der Waals surface area contributed by atoms with Gasteiger partial charge < -0.3 is 5.73 Å². The molecule has 2 heteroatoms. The van der Waals surface area contributed by atoms with Crippen LogP contribution in [0.5, 0.6) is 0 Å². The number of nitrogens with zero attached hydrogens (tertiary/aromatic N) is 1. The Hall–Kier alpha value is -1.05. The molecule has 2 N–H and O–H groups in total. The Morgan fingerprint density at radius 1 is 1.70 bits per heavy atom. The summed E-state index contributed by atoms with van der Waals surface area (Å²) >= 11 is 0. The fraction of sp³-hybridized carbons (Fsp3) is 0.375. The van der Waals surface area contributed by atoms with Crippen molar-refractivity contribution in [2.75, 3.05) is 0 Å². The molecule has 1 aliphatic rings. The van der Waals surface area contributed by atoms with Crippen LogP contribution in [0.1, 0.15) is 19.8 Å². The second-order valence-electron chi connectivity index (χ2n) is 2.32. The average molecular weight is 136 g/mol. The number of hydrogen-bond acceptors (Lipinski definition) is 2. The van der Waals surface area contributed by atoms with E-state index in [0.29, 0.717) is 5.84 Å². The molecule has 1 aliphatic heterocycles. The lowest BCUT2D eigenvalue weighted by Crippen LogP contribution is -2.10. The molecule has 0 aromatic carbocycles. The first-order chi connectivity index (χ1) is 4.83. The highest BCUT2D eigenvalue weighted by Gasteiger charge is 1.98. The van der Waals surface area contributed by atoms with Crippen LogP contribution in [-0.2, 0) is 0 Å². The fourth-order valence-electron chi connectivity index (χ4n) is 0.898. The molecule has 1 heterocycles. The Balaban J connectivity index is 2.72. The zero-order valence-corrected chi connectivity index (χ0v) is 6.17. The normalized spacial score (nSPS) is 17.7. The predicted octanol–water partition coefficient (Wildman–Crippen LogP) is 1.60. The molecule has 0 aliphatic carbocycles. The molecule has 0 amide bonds. The van der Waals surface area contributed by atoms with E-state index in [2.05, 4.69) is 18.0 Å². The van der Waals surface area contributed by atoms with Crippen LogP contribution in [0.4, 0.5) is 0 Å². The van der Waals surface area contributed by atoms with Gasteiger partial charge in [0, 0.05) is 12.6 Å². The van der Waals surface area contributed by atoms with Crippen molar-refractivity contribution in [1.29, 1.82) is 0 Å².